The Balaban J connectivity index is 1.35. The van der Waals surface area contributed by atoms with Crippen molar-refractivity contribution in [1.82, 2.24) is 20.0 Å². The molecular formula is C24H29N5O3. The molecule has 32 heavy (non-hydrogen) atoms. The van der Waals surface area contributed by atoms with Gasteiger partial charge in [0.25, 0.3) is 5.91 Å². The van der Waals surface area contributed by atoms with Crippen LogP contribution in [0.1, 0.15) is 63.2 Å². The van der Waals surface area contributed by atoms with Gasteiger partial charge in [-0.2, -0.15) is 0 Å². The second-order valence-electron chi connectivity index (χ2n) is 8.40. The van der Waals surface area contributed by atoms with Gasteiger partial charge in [-0.25, -0.2) is 9.97 Å². The molecule has 0 bridgehead atoms. The normalized spacial score (nSPS) is 16.8. The third kappa shape index (κ3) is 4.96. The monoisotopic (exact) mass is 435 g/mol. The number of likely N-dealkylation sites (tertiary alicyclic amines) is 1. The maximum absolute atomic E-state index is 11.4. The van der Waals surface area contributed by atoms with E-state index in [9.17, 15) is 4.79 Å². The molecule has 2 N–H and O–H groups in total. The van der Waals surface area contributed by atoms with Crippen LogP contribution in [0.5, 0.6) is 5.75 Å². The number of piperidine rings is 1. The summed E-state index contributed by atoms with van der Waals surface area (Å²) >= 11 is 0. The molecule has 1 aliphatic rings. The molecule has 4 rings (SSSR count). The summed E-state index contributed by atoms with van der Waals surface area (Å²) in [4.78, 5) is 22.8. The van der Waals surface area contributed by atoms with Gasteiger partial charge in [0, 0.05) is 25.2 Å². The van der Waals surface area contributed by atoms with E-state index < -0.39 is 5.91 Å². The number of rotatable bonds is 7. The van der Waals surface area contributed by atoms with Crippen LogP contribution in [-0.2, 0) is 13.2 Å². The highest BCUT2D eigenvalue weighted by Gasteiger charge is 2.24. The van der Waals surface area contributed by atoms with Gasteiger partial charge in [0.15, 0.2) is 0 Å². The number of hydrogen-bond donors (Lipinski definition) is 1. The van der Waals surface area contributed by atoms with Crippen LogP contribution in [0.3, 0.4) is 0 Å². The zero-order chi connectivity index (χ0) is 22.7. The molecule has 0 saturated carbocycles. The highest BCUT2D eigenvalue weighted by Crippen LogP contribution is 2.26. The average Bonchev–Trinajstić information content (AvgIpc) is 3.10. The minimum Gasteiger partial charge on any atom is -0.489 e. The Kier molecular flexibility index (Phi) is 6.50. The molecular weight excluding hydrogens is 406 g/mol. The van der Waals surface area contributed by atoms with Gasteiger partial charge in [-0.05, 0) is 57.9 Å². The van der Waals surface area contributed by atoms with E-state index in [1.807, 2.05) is 26.0 Å². The number of benzene rings is 1. The Morgan fingerprint density at radius 2 is 2.00 bits per heavy atom. The molecule has 0 aliphatic carbocycles. The lowest BCUT2D eigenvalue weighted by Crippen LogP contribution is -2.34. The van der Waals surface area contributed by atoms with Gasteiger partial charge in [-0.3, -0.25) is 9.69 Å². The fourth-order valence-electron chi connectivity index (χ4n) is 4.15. The maximum Gasteiger partial charge on any atom is 0.252 e. The third-order valence-corrected chi connectivity index (χ3v) is 6.03. The average molecular weight is 436 g/mol. The molecule has 168 valence electrons. The van der Waals surface area contributed by atoms with Crippen LogP contribution in [0.25, 0.3) is 0 Å². The molecule has 1 atom stereocenters. The van der Waals surface area contributed by atoms with Gasteiger partial charge < -0.3 is 15.0 Å². The van der Waals surface area contributed by atoms with E-state index in [0.717, 1.165) is 61.1 Å². The summed E-state index contributed by atoms with van der Waals surface area (Å²) in [6, 6.07) is 8.22. The zero-order valence-corrected chi connectivity index (χ0v) is 18.8. The molecule has 8 nitrogen and oxygen atoms in total. The van der Waals surface area contributed by atoms with Gasteiger partial charge in [0.2, 0.25) is 0 Å². The molecule has 0 radical (unpaired) electrons. The number of amides is 1. The predicted molar refractivity (Wildman–Crippen MR) is 119 cm³/mol. The lowest BCUT2D eigenvalue weighted by atomic mass is 9.96. The van der Waals surface area contributed by atoms with Crippen molar-refractivity contribution in [2.24, 2.45) is 5.73 Å². The van der Waals surface area contributed by atoms with E-state index in [0.29, 0.717) is 17.9 Å². The number of nitrogens with two attached hydrogens (primary N) is 1. The largest absolute Gasteiger partial charge is 0.489 e. The highest BCUT2D eigenvalue weighted by atomic mass is 16.5. The summed E-state index contributed by atoms with van der Waals surface area (Å²) in [6.07, 6.45) is 3.68. The van der Waals surface area contributed by atoms with Crippen molar-refractivity contribution in [2.75, 3.05) is 13.1 Å². The lowest BCUT2D eigenvalue weighted by molar-refractivity contribution is 0.0998. The van der Waals surface area contributed by atoms with Crippen molar-refractivity contribution in [3.05, 3.63) is 70.1 Å². The second kappa shape index (κ2) is 9.48. The number of ether oxygens (including phenoxy) is 1. The van der Waals surface area contributed by atoms with Crippen LogP contribution in [0, 0.1) is 20.8 Å². The zero-order valence-electron chi connectivity index (χ0n) is 18.8. The Hall–Kier alpha value is -3.26. The Morgan fingerprint density at radius 1 is 1.22 bits per heavy atom. The third-order valence-electron chi connectivity index (χ3n) is 6.03. The smallest absolute Gasteiger partial charge is 0.252 e. The standard InChI is InChI=1S/C24H29N5O3/c1-15-21(23(25)30)11-26-24(27-15)19-5-4-10-29(13-19)12-18-6-8-20(9-7-18)31-14-22-16(2)28-32-17(22)3/h6-9,11,19H,4-5,10,12-14H2,1-3H3,(H2,25,30)/t19-/m0/s1. The van der Waals surface area contributed by atoms with Crippen LogP contribution in [-0.4, -0.2) is 39.0 Å². The van der Waals surface area contributed by atoms with E-state index in [2.05, 4.69) is 32.2 Å². The van der Waals surface area contributed by atoms with E-state index >= 15 is 0 Å². The molecule has 1 fully saturated rings. The maximum atomic E-state index is 11.4. The van der Waals surface area contributed by atoms with Crippen molar-refractivity contribution in [3.8, 4) is 5.75 Å². The summed E-state index contributed by atoms with van der Waals surface area (Å²) in [6.45, 7) is 8.86. The van der Waals surface area contributed by atoms with Crippen LogP contribution in [0.4, 0.5) is 0 Å². The number of hydrogen-bond acceptors (Lipinski definition) is 7. The summed E-state index contributed by atoms with van der Waals surface area (Å²) in [5.74, 6) is 2.17. The van der Waals surface area contributed by atoms with Crippen LogP contribution in [0.2, 0.25) is 0 Å². The molecule has 8 heteroatoms. The van der Waals surface area contributed by atoms with Gasteiger partial charge in [0.05, 0.1) is 22.5 Å². The molecule has 2 aromatic heterocycles. The Labute approximate surface area is 187 Å². The first-order chi connectivity index (χ1) is 15.4. The molecule has 1 saturated heterocycles. The second-order valence-corrected chi connectivity index (χ2v) is 8.40. The van der Waals surface area contributed by atoms with Crippen molar-refractivity contribution >= 4 is 5.91 Å². The molecule has 0 spiro atoms. The summed E-state index contributed by atoms with van der Waals surface area (Å²) in [5, 5.41) is 3.96. The minimum atomic E-state index is -0.488. The van der Waals surface area contributed by atoms with E-state index in [4.69, 9.17) is 15.0 Å². The number of carbonyl (C=O) groups is 1. The SMILES string of the molecule is Cc1nc([C@H]2CCCN(Cc3ccc(OCc4c(C)noc4C)cc3)C2)ncc1C(N)=O. The van der Waals surface area contributed by atoms with Gasteiger partial charge in [-0.1, -0.05) is 17.3 Å². The van der Waals surface area contributed by atoms with E-state index in [1.165, 1.54) is 5.56 Å². The van der Waals surface area contributed by atoms with E-state index in [-0.39, 0.29) is 5.92 Å². The summed E-state index contributed by atoms with van der Waals surface area (Å²) in [7, 11) is 0. The van der Waals surface area contributed by atoms with Gasteiger partial charge in [-0.15, -0.1) is 0 Å². The fraction of sp³-hybridized carbons (Fsp3) is 0.417. The number of aromatic nitrogens is 3. The molecule has 0 unspecified atom stereocenters. The highest BCUT2D eigenvalue weighted by molar-refractivity contribution is 5.93. The number of nitrogens with zero attached hydrogens (tertiary/aromatic N) is 4. The topological polar surface area (TPSA) is 107 Å². The quantitative estimate of drug-likeness (QED) is 0.606. The lowest BCUT2D eigenvalue weighted by Gasteiger charge is -2.32. The molecule has 3 heterocycles. The molecule has 1 aromatic carbocycles. The summed E-state index contributed by atoms with van der Waals surface area (Å²) < 4.78 is 11.1. The van der Waals surface area contributed by atoms with Crippen molar-refractivity contribution in [3.63, 3.8) is 0 Å². The van der Waals surface area contributed by atoms with E-state index in [1.54, 1.807) is 13.1 Å². The number of aryl methyl sites for hydroxylation is 3. The number of primary amides is 1. The number of carbonyl (C=O) groups excluding carboxylic acids is 1. The van der Waals surface area contributed by atoms with Gasteiger partial charge >= 0.3 is 0 Å². The first kappa shape index (κ1) is 22.0. The molecule has 1 aliphatic heterocycles. The van der Waals surface area contributed by atoms with Crippen molar-refractivity contribution < 1.29 is 14.1 Å². The van der Waals surface area contributed by atoms with Crippen molar-refractivity contribution in [2.45, 2.75) is 52.7 Å². The minimum absolute atomic E-state index is 0.252. The summed E-state index contributed by atoms with van der Waals surface area (Å²) in [5.41, 5.74) is 9.50. The van der Waals surface area contributed by atoms with Gasteiger partial charge in [0.1, 0.15) is 23.9 Å². The first-order valence-electron chi connectivity index (χ1n) is 10.9. The predicted octanol–water partition coefficient (Wildman–Crippen LogP) is 3.45. The fourth-order valence-corrected chi connectivity index (χ4v) is 4.15. The van der Waals surface area contributed by atoms with Crippen LogP contribution in [0.15, 0.2) is 35.0 Å². The first-order valence-corrected chi connectivity index (χ1v) is 10.9. The molecule has 1 amide bonds. The Bertz CT molecular complexity index is 1070. The van der Waals surface area contributed by atoms with Crippen LogP contribution < -0.4 is 10.5 Å². The van der Waals surface area contributed by atoms with Crippen molar-refractivity contribution in [1.29, 1.82) is 0 Å². The Morgan fingerprint density at radius 3 is 2.66 bits per heavy atom. The van der Waals surface area contributed by atoms with Crippen LogP contribution >= 0.6 is 0 Å². The molecule has 3 aromatic rings.